The molecule has 1 unspecified atom stereocenters. The minimum Gasteiger partial charge on any atom is -0.494 e. The van der Waals surface area contributed by atoms with Gasteiger partial charge in [0.25, 0.3) is 0 Å². The van der Waals surface area contributed by atoms with Crippen molar-refractivity contribution in [2.75, 3.05) is 7.11 Å². The maximum Gasteiger partial charge on any atom is 0.303 e. The Morgan fingerprint density at radius 2 is 2.10 bits per heavy atom. The Hall–Kier alpha value is -2.11. The summed E-state index contributed by atoms with van der Waals surface area (Å²) in [6, 6.07) is 4.12. The minimum absolute atomic E-state index is 0.0427. The average Bonchev–Trinajstić information content (AvgIpc) is 2.38. The molecule has 1 aromatic rings. The number of hydrogen-bond donors (Lipinski definition) is 2. The standard InChI is InChI=1S/C14H18FNO4/c1-9(16-13(17)4-3-5-14(18)19)10-6-7-12(20-2)11(15)8-10/h6-9H,3-5H2,1-2H3,(H,16,17)(H,18,19). The SMILES string of the molecule is COc1ccc(C(C)NC(=O)CCCC(=O)O)cc1F. The number of carboxylic acids is 1. The predicted octanol–water partition coefficient (Wildman–Crippen LogP) is 2.27. The van der Waals surface area contributed by atoms with E-state index in [1.54, 1.807) is 13.0 Å². The second-order valence-corrected chi connectivity index (χ2v) is 4.43. The van der Waals surface area contributed by atoms with Gasteiger partial charge >= 0.3 is 5.97 Å². The third kappa shape index (κ3) is 4.87. The molecular weight excluding hydrogens is 265 g/mol. The third-order valence-electron chi connectivity index (χ3n) is 2.85. The topological polar surface area (TPSA) is 75.6 Å². The molecule has 0 fully saturated rings. The summed E-state index contributed by atoms with van der Waals surface area (Å²) in [6.45, 7) is 1.73. The summed E-state index contributed by atoms with van der Waals surface area (Å²) in [5.74, 6) is -1.52. The van der Waals surface area contributed by atoms with Gasteiger partial charge in [-0.15, -0.1) is 0 Å². The van der Waals surface area contributed by atoms with Crippen LogP contribution in [0.5, 0.6) is 5.75 Å². The van der Waals surface area contributed by atoms with Crippen LogP contribution in [-0.4, -0.2) is 24.1 Å². The first-order valence-corrected chi connectivity index (χ1v) is 6.28. The molecule has 0 saturated carbocycles. The van der Waals surface area contributed by atoms with E-state index < -0.39 is 11.8 Å². The van der Waals surface area contributed by atoms with Gasteiger partial charge in [-0.1, -0.05) is 6.07 Å². The summed E-state index contributed by atoms with van der Waals surface area (Å²) in [7, 11) is 1.38. The number of methoxy groups -OCH3 is 1. The molecule has 0 spiro atoms. The third-order valence-corrected chi connectivity index (χ3v) is 2.85. The van der Waals surface area contributed by atoms with E-state index in [0.717, 1.165) is 0 Å². The van der Waals surface area contributed by atoms with Crippen LogP contribution in [0.25, 0.3) is 0 Å². The zero-order valence-electron chi connectivity index (χ0n) is 11.5. The van der Waals surface area contributed by atoms with E-state index >= 15 is 0 Å². The van der Waals surface area contributed by atoms with E-state index in [1.807, 2.05) is 0 Å². The van der Waals surface area contributed by atoms with Gasteiger partial charge in [0.15, 0.2) is 11.6 Å². The monoisotopic (exact) mass is 283 g/mol. The van der Waals surface area contributed by atoms with Crippen LogP contribution >= 0.6 is 0 Å². The summed E-state index contributed by atoms with van der Waals surface area (Å²) in [5, 5.41) is 11.2. The molecule has 0 bridgehead atoms. The molecule has 0 aliphatic carbocycles. The van der Waals surface area contributed by atoms with Crippen molar-refractivity contribution in [3.8, 4) is 5.75 Å². The first-order valence-electron chi connectivity index (χ1n) is 6.28. The lowest BCUT2D eigenvalue weighted by atomic mass is 10.1. The molecule has 0 saturated heterocycles. The number of rotatable bonds is 7. The van der Waals surface area contributed by atoms with Gasteiger partial charge in [-0.2, -0.15) is 0 Å². The number of hydrogen-bond acceptors (Lipinski definition) is 3. The van der Waals surface area contributed by atoms with E-state index in [-0.39, 0.29) is 37.0 Å². The summed E-state index contributed by atoms with van der Waals surface area (Å²) in [5.41, 5.74) is 0.620. The van der Waals surface area contributed by atoms with Gasteiger partial charge in [-0.3, -0.25) is 9.59 Å². The van der Waals surface area contributed by atoms with E-state index in [2.05, 4.69) is 5.32 Å². The number of aliphatic carboxylic acids is 1. The molecule has 0 aromatic heterocycles. The molecular formula is C14H18FNO4. The Labute approximate surface area is 116 Å². The van der Waals surface area contributed by atoms with Crippen molar-refractivity contribution in [2.45, 2.75) is 32.2 Å². The Kier molecular flexibility index (Phi) is 5.96. The lowest BCUT2D eigenvalue weighted by molar-refractivity contribution is -0.137. The van der Waals surface area contributed by atoms with Crippen molar-refractivity contribution in [3.05, 3.63) is 29.6 Å². The number of nitrogens with one attached hydrogen (secondary N) is 1. The van der Waals surface area contributed by atoms with Crippen molar-refractivity contribution in [3.63, 3.8) is 0 Å². The fourth-order valence-corrected chi connectivity index (χ4v) is 1.75. The van der Waals surface area contributed by atoms with Crippen LogP contribution in [0.2, 0.25) is 0 Å². The van der Waals surface area contributed by atoms with Crippen LogP contribution in [0.4, 0.5) is 4.39 Å². The number of halogens is 1. The molecule has 0 radical (unpaired) electrons. The number of carbonyl (C=O) groups excluding carboxylic acids is 1. The van der Waals surface area contributed by atoms with Crippen LogP contribution < -0.4 is 10.1 Å². The highest BCUT2D eigenvalue weighted by molar-refractivity contribution is 5.77. The maximum atomic E-state index is 13.5. The highest BCUT2D eigenvalue weighted by atomic mass is 19.1. The first kappa shape index (κ1) is 15.9. The van der Waals surface area contributed by atoms with Crippen molar-refractivity contribution >= 4 is 11.9 Å². The number of carboxylic acid groups (broad SMARTS) is 1. The Morgan fingerprint density at radius 3 is 2.65 bits per heavy atom. The number of ether oxygens (including phenoxy) is 1. The maximum absolute atomic E-state index is 13.5. The zero-order valence-corrected chi connectivity index (χ0v) is 11.5. The highest BCUT2D eigenvalue weighted by Gasteiger charge is 2.12. The second kappa shape index (κ2) is 7.47. The van der Waals surface area contributed by atoms with Gasteiger partial charge in [0.1, 0.15) is 0 Å². The number of benzene rings is 1. The van der Waals surface area contributed by atoms with Crippen LogP contribution in [0.1, 0.15) is 37.8 Å². The number of amides is 1. The van der Waals surface area contributed by atoms with E-state index in [0.29, 0.717) is 5.56 Å². The molecule has 1 atom stereocenters. The summed E-state index contributed by atoms with van der Waals surface area (Å²) in [4.78, 5) is 21.9. The fraction of sp³-hybridized carbons (Fsp3) is 0.429. The summed E-state index contributed by atoms with van der Waals surface area (Å²) >= 11 is 0. The smallest absolute Gasteiger partial charge is 0.303 e. The highest BCUT2D eigenvalue weighted by Crippen LogP contribution is 2.21. The van der Waals surface area contributed by atoms with Gasteiger partial charge in [-0.25, -0.2) is 4.39 Å². The van der Waals surface area contributed by atoms with E-state index in [1.165, 1.54) is 19.2 Å². The lowest BCUT2D eigenvalue weighted by Crippen LogP contribution is -2.26. The number of carbonyl (C=O) groups is 2. The van der Waals surface area contributed by atoms with E-state index in [9.17, 15) is 14.0 Å². The Balaban J connectivity index is 2.53. The Morgan fingerprint density at radius 1 is 1.40 bits per heavy atom. The first-order chi connectivity index (χ1) is 9.43. The summed E-state index contributed by atoms with van der Waals surface area (Å²) < 4.78 is 18.4. The fourth-order valence-electron chi connectivity index (χ4n) is 1.75. The van der Waals surface area contributed by atoms with Gasteiger partial charge in [0, 0.05) is 12.8 Å². The molecule has 1 aromatic carbocycles. The van der Waals surface area contributed by atoms with Gasteiger partial charge in [0.2, 0.25) is 5.91 Å². The molecule has 110 valence electrons. The van der Waals surface area contributed by atoms with Crippen LogP contribution in [0, 0.1) is 5.82 Å². The van der Waals surface area contributed by atoms with Crippen molar-refractivity contribution in [1.82, 2.24) is 5.32 Å². The molecule has 1 amide bonds. The Bertz CT molecular complexity index is 490. The molecule has 0 heterocycles. The van der Waals surface area contributed by atoms with Gasteiger partial charge in [-0.05, 0) is 31.0 Å². The second-order valence-electron chi connectivity index (χ2n) is 4.43. The van der Waals surface area contributed by atoms with Crippen molar-refractivity contribution in [1.29, 1.82) is 0 Å². The van der Waals surface area contributed by atoms with Gasteiger partial charge < -0.3 is 15.2 Å². The quantitative estimate of drug-likeness (QED) is 0.805. The van der Waals surface area contributed by atoms with Gasteiger partial charge in [0.05, 0.1) is 13.2 Å². The molecule has 5 nitrogen and oxygen atoms in total. The van der Waals surface area contributed by atoms with Crippen LogP contribution in [0.15, 0.2) is 18.2 Å². The minimum atomic E-state index is -0.928. The molecule has 2 N–H and O–H groups in total. The predicted molar refractivity (Wildman–Crippen MR) is 71.0 cm³/mol. The van der Waals surface area contributed by atoms with Crippen molar-refractivity contribution in [2.24, 2.45) is 0 Å². The molecule has 1 rings (SSSR count). The normalized spacial score (nSPS) is 11.8. The largest absolute Gasteiger partial charge is 0.494 e. The van der Waals surface area contributed by atoms with Crippen molar-refractivity contribution < 1.29 is 23.8 Å². The van der Waals surface area contributed by atoms with Crippen LogP contribution in [0.3, 0.4) is 0 Å². The lowest BCUT2D eigenvalue weighted by Gasteiger charge is -2.15. The molecule has 0 aliphatic rings. The van der Waals surface area contributed by atoms with E-state index in [4.69, 9.17) is 9.84 Å². The molecule has 6 heteroatoms. The summed E-state index contributed by atoms with van der Waals surface area (Å²) in [6.07, 6.45) is 0.374. The van der Waals surface area contributed by atoms with Crippen LogP contribution in [-0.2, 0) is 9.59 Å². The molecule has 20 heavy (non-hydrogen) atoms. The average molecular weight is 283 g/mol. The molecule has 0 aliphatic heterocycles. The zero-order chi connectivity index (χ0) is 15.1.